The van der Waals surface area contributed by atoms with E-state index in [1.54, 1.807) is 12.7 Å². The molecule has 0 saturated heterocycles. The summed E-state index contributed by atoms with van der Waals surface area (Å²) in [6, 6.07) is 6.16. The van der Waals surface area contributed by atoms with E-state index in [1.807, 2.05) is 17.6 Å². The largest absolute Gasteiger partial charge is 0.326 e. The van der Waals surface area contributed by atoms with E-state index in [2.05, 4.69) is 22.3 Å². The first-order valence-electron chi connectivity index (χ1n) is 4.46. The Labute approximate surface area is 82.4 Å². The molecule has 1 aromatic carbocycles. The maximum Gasteiger partial charge on any atom is 0.123 e. The number of aryl methyl sites for hydroxylation is 1. The topological polar surface area (TPSA) is 56.7 Å². The van der Waals surface area contributed by atoms with Crippen molar-refractivity contribution in [1.82, 2.24) is 14.8 Å². The molecule has 0 spiro atoms. The van der Waals surface area contributed by atoms with Gasteiger partial charge >= 0.3 is 0 Å². The number of nitrogens with two attached hydrogens (primary N) is 1. The maximum atomic E-state index is 5.65. The van der Waals surface area contributed by atoms with Crippen molar-refractivity contribution in [2.45, 2.75) is 13.5 Å². The Kier molecular flexibility index (Phi) is 2.28. The van der Waals surface area contributed by atoms with Crippen molar-refractivity contribution >= 4 is 0 Å². The van der Waals surface area contributed by atoms with Crippen LogP contribution in [0.2, 0.25) is 0 Å². The summed E-state index contributed by atoms with van der Waals surface area (Å²) in [5.74, 6) is 0. The summed E-state index contributed by atoms with van der Waals surface area (Å²) in [6.45, 7) is 2.57. The average molecular weight is 188 g/mol. The van der Waals surface area contributed by atoms with Gasteiger partial charge in [-0.3, -0.25) is 4.57 Å². The third-order valence-corrected chi connectivity index (χ3v) is 2.16. The highest BCUT2D eigenvalue weighted by Crippen LogP contribution is 2.15. The highest BCUT2D eigenvalue weighted by atomic mass is 15.2. The van der Waals surface area contributed by atoms with Crippen molar-refractivity contribution in [1.29, 1.82) is 0 Å². The third kappa shape index (κ3) is 1.52. The predicted molar refractivity (Wildman–Crippen MR) is 54.0 cm³/mol. The molecule has 1 heterocycles. The van der Waals surface area contributed by atoms with E-state index in [9.17, 15) is 0 Å². The first kappa shape index (κ1) is 8.90. The molecular weight excluding hydrogens is 176 g/mol. The zero-order chi connectivity index (χ0) is 9.97. The molecule has 14 heavy (non-hydrogen) atoms. The lowest BCUT2D eigenvalue weighted by Crippen LogP contribution is -2.03. The third-order valence-electron chi connectivity index (χ3n) is 2.16. The summed E-state index contributed by atoms with van der Waals surface area (Å²) >= 11 is 0. The quantitative estimate of drug-likeness (QED) is 0.766. The van der Waals surface area contributed by atoms with Gasteiger partial charge in [-0.2, -0.15) is 0 Å². The average Bonchev–Trinajstić information content (AvgIpc) is 2.70. The van der Waals surface area contributed by atoms with Gasteiger partial charge in [0.15, 0.2) is 0 Å². The fraction of sp³-hybridized carbons (Fsp3) is 0.200. The van der Waals surface area contributed by atoms with Crippen molar-refractivity contribution in [3.63, 3.8) is 0 Å². The fourth-order valence-corrected chi connectivity index (χ4v) is 1.41. The van der Waals surface area contributed by atoms with Crippen LogP contribution in [-0.4, -0.2) is 14.8 Å². The van der Waals surface area contributed by atoms with Crippen LogP contribution < -0.4 is 5.73 Å². The molecule has 2 N–H and O–H groups in total. The second kappa shape index (κ2) is 3.59. The lowest BCUT2D eigenvalue weighted by molar-refractivity contribution is 0.978. The first-order chi connectivity index (χ1) is 6.81. The number of hydrogen-bond acceptors (Lipinski definition) is 3. The van der Waals surface area contributed by atoms with E-state index in [1.165, 1.54) is 5.56 Å². The molecule has 0 aliphatic rings. The van der Waals surface area contributed by atoms with Crippen LogP contribution in [0.4, 0.5) is 0 Å². The van der Waals surface area contributed by atoms with Gasteiger partial charge in [0.05, 0.1) is 5.69 Å². The van der Waals surface area contributed by atoms with E-state index in [4.69, 9.17) is 5.73 Å². The predicted octanol–water partition coefficient (Wildman–Crippen LogP) is 1.03. The maximum absolute atomic E-state index is 5.65. The van der Waals surface area contributed by atoms with Crippen LogP contribution in [0.25, 0.3) is 5.69 Å². The van der Waals surface area contributed by atoms with Crippen LogP contribution in [0.1, 0.15) is 11.1 Å². The summed E-state index contributed by atoms with van der Waals surface area (Å²) in [7, 11) is 0. The second-order valence-electron chi connectivity index (χ2n) is 3.21. The number of rotatable bonds is 2. The zero-order valence-electron chi connectivity index (χ0n) is 8.01. The highest BCUT2D eigenvalue weighted by molar-refractivity contribution is 5.43. The lowest BCUT2D eigenvalue weighted by Gasteiger charge is -2.08. The smallest absolute Gasteiger partial charge is 0.123 e. The van der Waals surface area contributed by atoms with Gasteiger partial charge in [0.2, 0.25) is 0 Å². The molecule has 0 saturated carbocycles. The first-order valence-corrected chi connectivity index (χ1v) is 4.46. The Bertz CT molecular complexity index is 420. The summed E-state index contributed by atoms with van der Waals surface area (Å²) < 4.78 is 1.87. The molecule has 0 unspecified atom stereocenters. The summed E-state index contributed by atoms with van der Waals surface area (Å²) in [4.78, 5) is 0. The minimum Gasteiger partial charge on any atom is -0.326 e. The Hall–Kier alpha value is -1.68. The van der Waals surface area contributed by atoms with Gasteiger partial charge in [0.1, 0.15) is 12.7 Å². The summed E-state index contributed by atoms with van der Waals surface area (Å²) in [5.41, 5.74) is 9.00. The minimum absolute atomic E-state index is 0.522. The molecule has 0 atom stereocenters. The normalized spacial score (nSPS) is 10.4. The number of nitrogens with zero attached hydrogens (tertiary/aromatic N) is 3. The molecule has 72 valence electrons. The monoisotopic (exact) mass is 188 g/mol. The van der Waals surface area contributed by atoms with Crippen LogP contribution in [-0.2, 0) is 6.54 Å². The molecule has 2 aromatic rings. The second-order valence-corrected chi connectivity index (χ2v) is 3.21. The van der Waals surface area contributed by atoms with Crippen LogP contribution in [0.3, 0.4) is 0 Å². The molecule has 0 amide bonds. The van der Waals surface area contributed by atoms with Gasteiger partial charge in [0.25, 0.3) is 0 Å². The summed E-state index contributed by atoms with van der Waals surface area (Å²) in [6.07, 6.45) is 3.35. The highest BCUT2D eigenvalue weighted by Gasteiger charge is 2.02. The van der Waals surface area contributed by atoms with Crippen molar-refractivity contribution in [3.05, 3.63) is 42.0 Å². The molecule has 0 radical (unpaired) electrons. The molecule has 2 rings (SSSR count). The van der Waals surface area contributed by atoms with E-state index in [0.29, 0.717) is 6.54 Å². The molecule has 1 aromatic heterocycles. The van der Waals surface area contributed by atoms with Crippen molar-refractivity contribution < 1.29 is 0 Å². The molecular formula is C10H12N4. The molecule has 4 nitrogen and oxygen atoms in total. The van der Waals surface area contributed by atoms with Gasteiger partial charge in [0, 0.05) is 6.54 Å². The Morgan fingerprint density at radius 3 is 2.64 bits per heavy atom. The van der Waals surface area contributed by atoms with Crippen molar-refractivity contribution in [2.75, 3.05) is 0 Å². The van der Waals surface area contributed by atoms with Gasteiger partial charge in [-0.25, -0.2) is 0 Å². The SMILES string of the molecule is Cc1ccc(CN)c(-n2cnnc2)c1. The van der Waals surface area contributed by atoms with Crippen LogP contribution in [0.5, 0.6) is 0 Å². The van der Waals surface area contributed by atoms with Crippen molar-refractivity contribution in [2.24, 2.45) is 5.73 Å². The Balaban J connectivity index is 2.55. The van der Waals surface area contributed by atoms with Crippen LogP contribution in [0, 0.1) is 6.92 Å². The van der Waals surface area contributed by atoms with Gasteiger partial charge in [-0.15, -0.1) is 10.2 Å². The standard InChI is InChI=1S/C10H12N4/c1-8-2-3-9(5-11)10(4-8)14-6-12-13-7-14/h2-4,6-7H,5,11H2,1H3. The van der Waals surface area contributed by atoms with Crippen molar-refractivity contribution in [3.8, 4) is 5.69 Å². The van der Waals surface area contributed by atoms with Crippen LogP contribution in [0.15, 0.2) is 30.9 Å². The molecule has 0 fully saturated rings. The number of benzene rings is 1. The molecule has 4 heteroatoms. The lowest BCUT2D eigenvalue weighted by atomic mass is 10.1. The van der Waals surface area contributed by atoms with E-state index < -0.39 is 0 Å². The molecule has 0 aliphatic heterocycles. The van der Waals surface area contributed by atoms with Crippen LogP contribution >= 0.6 is 0 Å². The number of aromatic nitrogens is 3. The van der Waals surface area contributed by atoms with E-state index >= 15 is 0 Å². The number of hydrogen-bond donors (Lipinski definition) is 1. The van der Waals surface area contributed by atoms with Gasteiger partial charge < -0.3 is 5.73 Å². The molecule has 0 aliphatic carbocycles. The molecule has 0 bridgehead atoms. The Morgan fingerprint density at radius 1 is 1.29 bits per heavy atom. The van der Waals surface area contributed by atoms with E-state index in [-0.39, 0.29) is 0 Å². The van der Waals surface area contributed by atoms with Gasteiger partial charge in [-0.1, -0.05) is 12.1 Å². The fourth-order valence-electron chi connectivity index (χ4n) is 1.41. The van der Waals surface area contributed by atoms with Gasteiger partial charge in [-0.05, 0) is 24.1 Å². The Morgan fingerprint density at radius 2 is 2.00 bits per heavy atom. The zero-order valence-corrected chi connectivity index (χ0v) is 8.01. The summed E-state index contributed by atoms with van der Waals surface area (Å²) in [5, 5.41) is 7.55. The van der Waals surface area contributed by atoms with E-state index in [0.717, 1.165) is 11.3 Å². The minimum atomic E-state index is 0.522.